The van der Waals surface area contributed by atoms with E-state index in [9.17, 15) is 4.79 Å². The van der Waals surface area contributed by atoms with Crippen LogP contribution in [0.25, 0.3) is 0 Å². The van der Waals surface area contributed by atoms with Crippen LogP contribution in [0.15, 0.2) is 18.2 Å². The molecule has 19 heavy (non-hydrogen) atoms. The summed E-state index contributed by atoms with van der Waals surface area (Å²) in [5.74, 6) is -0.0819. The fourth-order valence-corrected chi connectivity index (χ4v) is 2.40. The molecule has 2 rings (SSSR count). The molecule has 0 aromatic heterocycles. The summed E-state index contributed by atoms with van der Waals surface area (Å²) in [5.41, 5.74) is 2.28. The van der Waals surface area contributed by atoms with Crippen molar-refractivity contribution in [2.75, 3.05) is 25.1 Å². The maximum absolute atomic E-state index is 11.1. The van der Waals surface area contributed by atoms with Crippen molar-refractivity contribution in [1.29, 1.82) is 0 Å². The molecule has 1 aliphatic heterocycles. The quantitative estimate of drug-likeness (QED) is 0.887. The van der Waals surface area contributed by atoms with Crippen LogP contribution in [0.1, 0.15) is 25.3 Å². The van der Waals surface area contributed by atoms with E-state index in [2.05, 4.69) is 6.07 Å². The molecule has 4 heteroatoms. The molecule has 1 N–H and O–H groups in total. The predicted molar refractivity (Wildman–Crippen MR) is 74.9 cm³/mol. The Morgan fingerprint density at radius 2 is 2.32 bits per heavy atom. The molecule has 1 aliphatic rings. The van der Waals surface area contributed by atoms with E-state index < -0.39 is 5.97 Å². The zero-order valence-corrected chi connectivity index (χ0v) is 11.6. The fourth-order valence-electron chi connectivity index (χ4n) is 2.40. The van der Waals surface area contributed by atoms with Crippen molar-refractivity contribution < 1.29 is 14.6 Å². The molecule has 0 fully saturated rings. The van der Waals surface area contributed by atoms with Gasteiger partial charge in [0.05, 0.1) is 12.5 Å². The lowest BCUT2D eigenvalue weighted by atomic mass is 10.0. The van der Waals surface area contributed by atoms with Gasteiger partial charge < -0.3 is 14.7 Å². The topological polar surface area (TPSA) is 49.8 Å². The first-order valence-corrected chi connectivity index (χ1v) is 6.81. The van der Waals surface area contributed by atoms with Crippen LogP contribution in [-0.2, 0) is 11.2 Å². The van der Waals surface area contributed by atoms with Gasteiger partial charge in [-0.15, -0.1) is 0 Å². The summed E-state index contributed by atoms with van der Waals surface area (Å²) < 4.78 is 5.59. The minimum Gasteiger partial charge on any atom is -0.493 e. The molecule has 0 saturated heterocycles. The molecule has 0 aliphatic carbocycles. The molecule has 0 saturated carbocycles. The monoisotopic (exact) mass is 263 g/mol. The largest absolute Gasteiger partial charge is 0.493 e. The summed E-state index contributed by atoms with van der Waals surface area (Å²) in [5, 5.41) is 9.11. The van der Waals surface area contributed by atoms with Crippen LogP contribution >= 0.6 is 0 Å². The molecule has 1 aromatic carbocycles. The lowest BCUT2D eigenvalue weighted by Crippen LogP contribution is -2.30. The Hall–Kier alpha value is -1.71. The molecular weight excluding hydrogens is 242 g/mol. The van der Waals surface area contributed by atoms with E-state index in [1.807, 2.05) is 31.0 Å². The van der Waals surface area contributed by atoms with Crippen LogP contribution in [0.2, 0.25) is 0 Å². The Morgan fingerprint density at radius 3 is 3.00 bits per heavy atom. The number of ether oxygens (including phenoxy) is 1. The molecule has 0 amide bonds. The van der Waals surface area contributed by atoms with Gasteiger partial charge in [-0.25, -0.2) is 0 Å². The van der Waals surface area contributed by atoms with Gasteiger partial charge in [0.15, 0.2) is 0 Å². The van der Waals surface area contributed by atoms with Crippen molar-refractivity contribution in [3.63, 3.8) is 0 Å². The SMILES string of the molecule is CCC(CN(C)c1ccc2c(c1)CCCO2)C(=O)O. The Morgan fingerprint density at radius 1 is 1.53 bits per heavy atom. The third kappa shape index (κ3) is 3.19. The summed E-state index contributed by atoms with van der Waals surface area (Å²) in [7, 11) is 1.94. The first kappa shape index (κ1) is 13.7. The second-order valence-electron chi connectivity index (χ2n) is 5.07. The number of anilines is 1. The molecule has 4 nitrogen and oxygen atoms in total. The van der Waals surface area contributed by atoms with E-state index in [4.69, 9.17) is 9.84 Å². The zero-order valence-electron chi connectivity index (χ0n) is 11.6. The number of aliphatic carboxylic acids is 1. The Kier molecular flexibility index (Phi) is 4.30. The van der Waals surface area contributed by atoms with E-state index in [-0.39, 0.29) is 5.92 Å². The van der Waals surface area contributed by atoms with Crippen LogP contribution in [0.3, 0.4) is 0 Å². The van der Waals surface area contributed by atoms with Gasteiger partial charge in [0, 0.05) is 19.3 Å². The number of hydrogen-bond acceptors (Lipinski definition) is 3. The van der Waals surface area contributed by atoms with E-state index in [1.165, 1.54) is 5.56 Å². The van der Waals surface area contributed by atoms with Crippen LogP contribution < -0.4 is 9.64 Å². The van der Waals surface area contributed by atoms with Crippen molar-refractivity contribution in [3.8, 4) is 5.75 Å². The van der Waals surface area contributed by atoms with Gasteiger partial charge in [-0.05, 0) is 43.0 Å². The van der Waals surface area contributed by atoms with Crippen molar-refractivity contribution >= 4 is 11.7 Å². The average molecular weight is 263 g/mol. The Labute approximate surface area is 114 Å². The smallest absolute Gasteiger partial charge is 0.308 e. The minimum absolute atomic E-state index is 0.322. The molecule has 1 aromatic rings. The third-order valence-corrected chi connectivity index (χ3v) is 3.67. The normalized spacial score (nSPS) is 15.3. The molecule has 0 radical (unpaired) electrons. The lowest BCUT2D eigenvalue weighted by Gasteiger charge is -2.25. The van der Waals surface area contributed by atoms with Gasteiger partial charge in [-0.3, -0.25) is 4.79 Å². The van der Waals surface area contributed by atoms with Gasteiger partial charge in [0.25, 0.3) is 0 Å². The molecule has 1 unspecified atom stereocenters. The van der Waals surface area contributed by atoms with Crippen molar-refractivity contribution in [2.45, 2.75) is 26.2 Å². The number of carboxylic acid groups (broad SMARTS) is 1. The first-order valence-electron chi connectivity index (χ1n) is 6.81. The highest BCUT2D eigenvalue weighted by Gasteiger charge is 2.18. The van der Waals surface area contributed by atoms with Crippen LogP contribution in [-0.4, -0.2) is 31.3 Å². The number of nitrogens with zero attached hydrogens (tertiary/aromatic N) is 1. The van der Waals surface area contributed by atoms with Crippen molar-refractivity contribution in [1.82, 2.24) is 0 Å². The number of benzene rings is 1. The second kappa shape index (κ2) is 5.95. The standard InChI is InChI=1S/C15H21NO3/c1-3-11(15(17)18)10-16(2)13-6-7-14-12(9-13)5-4-8-19-14/h6-7,9,11H,3-5,8,10H2,1-2H3,(H,17,18). The maximum Gasteiger partial charge on any atom is 0.308 e. The second-order valence-corrected chi connectivity index (χ2v) is 5.07. The fraction of sp³-hybridized carbons (Fsp3) is 0.533. The van der Waals surface area contributed by atoms with Crippen LogP contribution in [0.5, 0.6) is 5.75 Å². The van der Waals surface area contributed by atoms with E-state index in [0.717, 1.165) is 30.9 Å². The third-order valence-electron chi connectivity index (χ3n) is 3.67. The number of fused-ring (bicyclic) bond motifs is 1. The average Bonchev–Trinajstić information content (AvgIpc) is 2.43. The summed E-state index contributed by atoms with van der Waals surface area (Å²) in [6.45, 7) is 3.23. The molecule has 1 heterocycles. The van der Waals surface area contributed by atoms with Crippen molar-refractivity contribution in [2.24, 2.45) is 5.92 Å². The lowest BCUT2D eigenvalue weighted by molar-refractivity contribution is -0.141. The van der Waals surface area contributed by atoms with E-state index >= 15 is 0 Å². The number of carbonyl (C=O) groups is 1. The van der Waals surface area contributed by atoms with Gasteiger partial charge in [0.1, 0.15) is 5.75 Å². The number of hydrogen-bond donors (Lipinski definition) is 1. The predicted octanol–water partition coefficient (Wildman–Crippen LogP) is 2.56. The number of aryl methyl sites for hydroxylation is 1. The number of carboxylic acids is 1. The summed E-state index contributed by atoms with van der Waals surface area (Å²) >= 11 is 0. The minimum atomic E-state index is -0.726. The van der Waals surface area contributed by atoms with Gasteiger partial charge >= 0.3 is 5.97 Å². The molecule has 1 atom stereocenters. The van der Waals surface area contributed by atoms with Crippen molar-refractivity contribution in [3.05, 3.63) is 23.8 Å². The molecular formula is C15H21NO3. The Bertz CT molecular complexity index is 459. The molecule has 0 spiro atoms. The van der Waals surface area contributed by atoms with Crippen LogP contribution in [0, 0.1) is 5.92 Å². The molecule has 0 bridgehead atoms. The highest BCUT2D eigenvalue weighted by Crippen LogP contribution is 2.29. The van der Waals surface area contributed by atoms with E-state index in [1.54, 1.807) is 0 Å². The van der Waals surface area contributed by atoms with E-state index in [0.29, 0.717) is 13.0 Å². The molecule has 104 valence electrons. The first-order chi connectivity index (χ1) is 9.11. The summed E-state index contributed by atoms with van der Waals surface area (Å²) in [6, 6.07) is 6.10. The maximum atomic E-state index is 11.1. The van der Waals surface area contributed by atoms with Gasteiger partial charge in [0.2, 0.25) is 0 Å². The summed E-state index contributed by atoms with van der Waals surface area (Å²) in [6.07, 6.45) is 2.73. The highest BCUT2D eigenvalue weighted by atomic mass is 16.5. The zero-order chi connectivity index (χ0) is 13.8. The van der Waals surface area contributed by atoms with Gasteiger partial charge in [-0.2, -0.15) is 0 Å². The van der Waals surface area contributed by atoms with Gasteiger partial charge in [-0.1, -0.05) is 6.92 Å². The highest BCUT2D eigenvalue weighted by molar-refractivity contribution is 5.71. The summed E-state index contributed by atoms with van der Waals surface area (Å²) in [4.78, 5) is 13.1. The van der Waals surface area contributed by atoms with Crippen LogP contribution in [0.4, 0.5) is 5.69 Å². The Balaban J connectivity index is 2.10. The number of rotatable bonds is 5.